The fourth-order valence-corrected chi connectivity index (χ4v) is 3.48. The second kappa shape index (κ2) is 9.93. The smallest absolute Gasteiger partial charge is 0.287 e. The summed E-state index contributed by atoms with van der Waals surface area (Å²) < 4.78 is 12.3. The van der Waals surface area contributed by atoms with Crippen LogP contribution in [0.5, 0.6) is 11.5 Å². The fourth-order valence-electron chi connectivity index (χ4n) is 2.69. The van der Waals surface area contributed by atoms with Gasteiger partial charge in [-0.2, -0.15) is 0 Å². The lowest BCUT2D eigenvalue weighted by atomic mass is 10.1. The molecule has 1 heterocycles. The highest BCUT2D eigenvalue weighted by Gasteiger charge is 2.12. The Hall–Kier alpha value is -3.06. The summed E-state index contributed by atoms with van der Waals surface area (Å²) in [6.07, 6.45) is 3.16. The van der Waals surface area contributed by atoms with Crippen molar-refractivity contribution in [1.29, 1.82) is 0 Å². The number of nitrogens with zero attached hydrogens (tertiary/aromatic N) is 2. The number of thioether (sulfide) groups is 1. The van der Waals surface area contributed by atoms with Gasteiger partial charge < -0.3 is 9.47 Å². The molecule has 0 fully saturated rings. The van der Waals surface area contributed by atoms with Crippen molar-refractivity contribution in [3.63, 3.8) is 0 Å². The Morgan fingerprint density at radius 2 is 1.55 bits per heavy atom. The number of ether oxygens (including phenoxy) is 2. The molecule has 0 saturated carbocycles. The molecule has 0 unspecified atom stereocenters. The Bertz CT molecular complexity index is 1010. The molecule has 6 nitrogen and oxygen atoms in total. The molecule has 0 aliphatic rings. The maximum absolute atomic E-state index is 12.8. The Labute approximate surface area is 173 Å². The van der Waals surface area contributed by atoms with E-state index in [9.17, 15) is 9.59 Å². The minimum atomic E-state index is -0.263. The standard InChI is InChI=1S/C22H22N2O4S/c1-3-27-18-9-5-16(6-10-18)20(25)15-29-21-22(26)24(14-13-23-21)17-7-11-19(12-8-17)28-4-2/h5-14H,3-4,15H2,1-2H3. The molecule has 0 amide bonds. The van der Waals surface area contributed by atoms with E-state index in [1.807, 2.05) is 38.1 Å². The van der Waals surface area contributed by atoms with Crippen molar-refractivity contribution < 1.29 is 14.3 Å². The molecule has 29 heavy (non-hydrogen) atoms. The van der Waals surface area contributed by atoms with E-state index in [1.54, 1.807) is 36.7 Å². The van der Waals surface area contributed by atoms with Crippen molar-refractivity contribution in [2.75, 3.05) is 19.0 Å². The maximum Gasteiger partial charge on any atom is 0.287 e. The van der Waals surface area contributed by atoms with Gasteiger partial charge in [0.2, 0.25) is 0 Å². The van der Waals surface area contributed by atoms with Crippen LogP contribution in [0.1, 0.15) is 24.2 Å². The van der Waals surface area contributed by atoms with Crippen molar-refractivity contribution in [3.8, 4) is 17.2 Å². The van der Waals surface area contributed by atoms with E-state index >= 15 is 0 Å². The van der Waals surface area contributed by atoms with Crippen molar-refractivity contribution in [1.82, 2.24) is 9.55 Å². The van der Waals surface area contributed by atoms with Crippen LogP contribution in [0.25, 0.3) is 5.69 Å². The first-order chi connectivity index (χ1) is 14.1. The zero-order valence-electron chi connectivity index (χ0n) is 16.3. The highest BCUT2D eigenvalue weighted by molar-refractivity contribution is 7.99. The van der Waals surface area contributed by atoms with E-state index < -0.39 is 0 Å². The molecule has 3 aromatic rings. The second-order valence-corrected chi connectivity index (χ2v) is 6.97. The van der Waals surface area contributed by atoms with Crippen LogP contribution in [-0.4, -0.2) is 34.3 Å². The summed E-state index contributed by atoms with van der Waals surface area (Å²) in [6.45, 7) is 4.98. The first-order valence-electron chi connectivity index (χ1n) is 9.32. The predicted octanol–water partition coefficient (Wildman–Crippen LogP) is 4.00. The summed E-state index contributed by atoms with van der Waals surface area (Å²) in [5.41, 5.74) is 1.02. The maximum atomic E-state index is 12.8. The van der Waals surface area contributed by atoms with Gasteiger partial charge in [0.15, 0.2) is 10.8 Å². The quantitative estimate of drug-likeness (QED) is 0.392. The van der Waals surface area contributed by atoms with Gasteiger partial charge in [-0.1, -0.05) is 11.8 Å². The Kier molecular flexibility index (Phi) is 7.08. The lowest BCUT2D eigenvalue weighted by Crippen LogP contribution is -2.21. The van der Waals surface area contributed by atoms with E-state index in [2.05, 4.69) is 4.98 Å². The number of benzene rings is 2. The average Bonchev–Trinajstić information content (AvgIpc) is 2.74. The van der Waals surface area contributed by atoms with Crippen molar-refractivity contribution in [3.05, 3.63) is 76.8 Å². The fraction of sp³-hybridized carbons (Fsp3) is 0.227. The summed E-state index contributed by atoms with van der Waals surface area (Å²) in [5, 5.41) is 0.278. The molecule has 3 rings (SSSR count). The van der Waals surface area contributed by atoms with Gasteiger partial charge >= 0.3 is 0 Å². The molecule has 0 radical (unpaired) electrons. The van der Waals surface area contributed by atoms with Crippen molar-refractivity contribution in [2.45, 2.75) is 18.9 Å². The van der Waals surface area contributed by atoms with Gasteiger partial charge in [-0.05, 0) is 62.4 Å². The minimum absolute atomic E-state index is 0.0734. The molecular formula is C22H22N2O4S. The summed E-state index contributed by atoms with van der Waals surface area (Å²) in [7, 11) is 0. The molecule has 1 aromatic heterocycles. The van der Waals surface area contributed by atoms with Crippen LogP contribution >= 0.6 is 11.8 Å². The Morgan fingerprint density at radius 3 is 2.14 bits per heavy atom. The normalized spacial score (nSPS) is 10.6. The zero-order valence-corrected chi connectivity index (χ0v) is 17.1. The molecule has 0 atom stereocenters. The van der Waals surface area contributed by atoms with Crippen molar-refractivity contribution >= 4 is 17.5 Å². The molecule has 0 N–H and O–H groups in total. The molecule has 2 aromatic carbocycles. The minimum Gasteiger partial charge on any atom is -0.494 e. The first-order valence-corrected chi connectivity index (χ1v) is 10.3. The Morgan fingerprint density at radius 1 is 0.966 bits per heavy atom. The third-order valence-electron chi connectivity index (χ3n) is 4.06. The van der Waals surface area contributed by atoms with Gasteiger partial charge in [-0.15, -0.1) is 0 Å². The lowest BCUT2D eigenvalue weighted by molar-refractivity contribution is 0.102. The average molecular weight is 410 g/mol. The third kappa shape index (κ3) is 5.26. The number of carbonyl (C=O) groups is 1. The number of hydrogen-bond acceptors (Lipinski definition) is 6. The van der Waals surface area contributed by atoms with Crippen LogP contribution in [0.3, 0.4) is 0 Å². The lowest BCUT2D eigenvalue weighted by Gasteiger charge is -2.09. The van der Waals surface area contributed by atoms with Crippen LogP contribution in [0.4, 0.5) is 0 Å². The van der Waals surface area contributed by atoms with E-state index in [1.165, 1.54) is 4.57 Å². The summed E-state index contributed by atoms with van der Waals surface area (Å²) in [4.78, 5) is 29.4. The van der Waals surface area contributed by atoms with Gasteiger partial charge in [0.05, 0.1) is 19.0 Å². The molecule has 0 saturated heterocycles. The van der Waals surface area contributed by atoms with Gasteiger partial charge in [0.1, 0.15) is 11.5 Å². The largest absolute Gasteiger partial charge is 0.494 e. The highest BCUT2D eigenvalue weighted by Crippen LogP contribution is 2.18. The van der Waals surface area contributed by atoms with Crippen molar-refractivity contribution in [2.24, 2.45) is 0 Å². The van der Waals surface area contributed by atoms with E-state index in [4.69, 9.17) is 9.47 Å². The van der Waals surface area contributed by atoms with Crippen LogP contribution in [-0.2, 0) is 0 Å². The predicted molar refractivity (Wildman–Crippen MR) is 114 cm³/mol. The highest BCUT2D eigenvalue weighted by atomic mass is 32.2. The molecule has 150 valence electrons. The molecule has 0 aliphatic heterocycles. The van der Waals surface area contributed by atoms with Crippen LogP contribution < -0.4 is 15.0 Å². The third-order valence-corrected chi connectivity index (χ3v) is 5.02. The number of carbonyl (C=O) groups excluding carboxylic acids is 1. The zero-order chi connectivity index (χ0) is 20.6. The number of Topliss-reactive ketones (excluding diaryl/α,β-unsaturated/α-hetero) is 1. The number of rotatable bonds is 9. The van der Waals surface area contributed by atoms with Gasteiger partial charge in [-0.3, -0.25) is 14.2 Å². The van der Waals surface area contributed by atoms with Crippen LogP contribution in [0.15, 0.2) is 70.7 Å². The van der Waals surface area contributed by atoms with Gasteiger partial charge in [-0.25, -0.2) is 4.98 Å². The number of ketones is 1. The second-order valence-electron chi connectivity index (χ2n) is 6.00. The van der Waals surface area contributed by atoms with Gasteiger partial charge in [0, 0.05) is 23.6 Å². The first kappa shape index (κ1) is 20.7. The summed E-state index contributed by atoms with van der Waals surface area (Å²) in [6, 6.07) is 14.2. The molecule has 0 aliphatic carbocycles. The SMILES string of the molecule is CCOc1ccc(C(=O)CSc2nccn(-c3ccc(OCC)cc3)c2=O)cc1. The monoisotopic (exact) mass is 410 g/mol. The Balaban J connectivity index is 1.71. The molecular weight excluding hydrogens is 388 g/mol. The summed E-state index contributed by atoms with van der Waals surface area (Å²) >= 11 is 1.13. The van der Waals surface area contributed by atoms with Gasteiger partial charge in [0.25, 0.3) is 5.56 Å². The number of hydrogen-bond donors (Lipinski definition) is 0. The van der Waals surface area contributed by atoms with E-state index in [-0.39, 0.29) is 22.1 Å². The van der Waals surface area contributed by atoms with Crippen LogP contribution in [0, 0.1) is 0 Å². The molecule has 0 bridgehead atoms. The summed E-state index contributed by atoms with van der Waals surface area (Å²) in [5.74, 6) is 1.52. The molecule has 0 spiro atoms. The van der Waals surface area contributed by atoms with Crippen LogP contribution in [0.2, 0.25) is 0 Å². The number of aromatic nitrogens is 2. The topological polar surface area (TPSA) is 70.4 Å². The van der Waals surface area contributed by atoms with E-state index in [0.717, 1.165) is 23.3 Å². The van der Waals surface area contributed by atoms with E-state index in [0.29, 0.717) is 24.5 Å². The molecule has 7 heteroatoms.